The number of fused-ring (bicyclic) bond motifs is 2. The molecule has 0 N–H and O–H groups in total. The van der Waals surface area contributed by atoms with Gasteiger partial charge >= 0.3 is 0 Å². The van der Waals surface area contributed by atoms with Gasteiger partial charge in [-0.3, -0.25) is 9.59 Å². The average Bonchev–Trinajstić information content (AvgIpc) is 3.08. The minimum atomic E-state index is -0.583. The van der Waals surface area contributed by atoms with Crippen molar-refractivity contribution in [3.05, 3.63) is 69.1 Å². The highest BCUT2D eigenvalue weighted by atomic mass is 16.5. The van der Waals surface area contributed by atoms with Gasteiger partial charge in [-0.15, -0.1) is 0 Å². The quantitative estimate of drug-likeness (QED) is 0.447. The Morgan fingerprint density at radius 3 is 2.48 bits per heavy atom. The number of carbonyl (C=O) groups is 1. The number of benzene rings is 2. The minimum Gasteiger partial charge on any atom is -0.490 e. The van der Waals surface area contributed by atoms with Crippen LogP contribution in [0.1, 0.15) is 53.6 Å². The van der Waals surface area contributed by atoms with Crippen molar-refractivity contribution in [3.8, 4) is 11.5 Å². The fourth-order valence-corrected chi connectivity index (χ4v) is 4.33. The summed E-state index contributed by atoms with van der Waals surface area (Å²) in [6.45, 7) is 7.63. The largest absolute Gasteiger partial charge is 0.490 e. The average molecular weight is 452 g/mol. The molecule has 4 rings (SSSR count). The van der Waals surface area contributed by atoms with Crippen LogP contribution in [-0.2, 0) is 4.74 Å². The maximum atomic E-state index is 13.6. The molecular formula is C26H29NO6. The van der Waals surface area contributed by atoms with Gasteiger partial charge in [0.25, 0.3) is 5.91 Å². The molecular weight excluding hydrogens is 422 g/mol. The first kappa shape index (κ1) is 22.9. The Hall–Kier alpha value is -3.32. The Kier molecular flexibility index (Phi) is 6.70. The van der Waals surface area contributed by atoms with Crippen molar-refractivity contribution >= 4 is 16.9 Å². The van der Waals surface area contributed by atoms with E-state index >= 15 is 0 Å². The van der Waals surface area contributed by atoms with Gasteiger partial charge in [-0.05, 0) is 57.0 Å². The zero-order valence-electron chi connectivity index (χ0n) is 19.5. The summed E-state index contributed by atoms with van der Waals surface area (Å²) in [4.78, 5) is 28.7. The first-order chi connectivity index (χ1) is 16.0. The second-order valence-electron chi connectivity index (χ2n) is 7.99. The van der Waals surface area contributed by atoms with Crippen molar-refractivity contribution in [1.29, 1.82) is 0 Å². The third-order valence-electron chi connectivity index (χ3n) is 5.75. The van der Waals surface area contributed by atoms with Crippen LogP contribution >= 0.6 is 0 Å². The van der Waals surface area contributed by atoms with Crippen molar-refractivity contribution < 1.29 is 23.4 Å². The summed E-state index contributed by atoms with van der Waals surface area (Å²) >= 11 is 0. The van der Waals surface area contributed by atoms with E-state index in [4.69, 9.17) is 18.6 Å². The molecule has 1 aromatic heterocycles. The highest BCUT2D eigenvalue weighted by Gasteiger charge is 2.42. The summed E-state index contributed by atoms with van der Waals surface area (Å²) in [6, 6.07) is 10.4. The maximum Gasteiger partial charge on any atom is 0.290 e. The van der Waals surface area contributed by atoms with E-state index in [1.165, 1.54) is 0 Å². The van der Waals surface area contributed by atoms with Gasteiger partial charge in [-0.2, -0.15) is 0 Å². The molecule has 0 aliphatic carbocycles. The van der Waals surface area contributed by atoms with Gasteiger partial charge in [0.15, 0.2) is 16.9 Å². The highest BCUT2D eigenvalue weighted by molar-refractivity contribution is 5.99. The summed E-state index contributed by atoms with van der Waals surface area (Å²) in [5.74, 6) is 1.01. The van der Waals surface area contributed by atoms with E-state index < -0.39 is 6.04 Å². The van der Waals surface area contributed by atoms with Crippen molar-refractivity contribution in [3.63, 3.8) is 0 Å². The Labute approximate surface area is 192 Å². The fraction of sp³-hybridized carbons (Fsp3) is 0.385. The predicted octanol–water partition coefficient (Wildman–Crippen LogP) is 4.48. The zero-order valence-corrected chi connectivity index (χ0v) is 19.5. The van der Waals surface area contributed by atoms with E-state index in [9.17, 15) is 9.59 Å². The maximum absolute atomic E-state index is 13.6. The van der Waals surface area contributed by atoms with Crippen LogP contribution in [-0.4, -0.2) is 44.3 Å². The summed E-state index contributed by atoms with van der Waals surface area (Å²) in [7, 11) is 1.62. The van der Waals surface area contributed by atoms with E-state index in [-0.39, 0.29) is 17.1 Å². The van der Waals surface area contributed by atoms with E-state index in [0.29, 0.717) is 60.8 Å². The molecule has 7 heteroatoms. The summed E-state index contributed by atoms with van der Waals surface area (Å²) in [5.41, 5.74) is 2.31. The van der Waals surface area contributed by atoms with Gasteiger partial charge in [0.05, 0.1) is 30.2 Å². The molecule has 0 spiro atoms. The molecule has 1 aliphatic heterocycles. The monoisotopic (exact) mass is 451 g/mol. The third-order valence-corrected chi connectivity index (χ3v) is 5.75. The highest BCUT2D eigenvalue weighted by Crippen LogP contribution is 2.41. The second kappa shape index (κ2) is 9.67. The molecule has 3 aromatic rings. The van der Waals surface area contributed by atoms with Gasteiger partial charge in [0.1, 0.15) is 5.58 Å². The number of methoxy groups -OCH3 is 1. The van der Waals surface area contributed by atoms with Crippen LogP contribution in [0, 0.1) is 6.92 Å². The van der Waals surface area contributed by atoms with Gasteiger partial charge in [-0.1, -0.05) is 17.7 Å². The number of carbonyl (C=O) groups excluding carboxylic acids is 1. The van der Waals surface area contributed by atoms with Gasteiger partial charge in [0, 0.05) is 20.3 Å². The van der Waals surface area contributed by atoms with Crippen molar-refractivity contribution in [2.45, 2.75) is 33.2 Å². The first-order valence-corrected chi connectivity index (χ1v) is 11.3. The minimum absolute atomic E-state index is 0.102. The number of hydrogen-bond acceptors (Lipinski definition) is 6. The Morgan fingerprint density at radius 2 is 1.76 bits per heavy atom. The van der Waals surface area contributed by atoms with Crippen LogP contribution in [0.5, 0.6) is 11.5 Å². The molecule has 1 amide bonds. The number of ether oxygens (including phenoxy) is 3. The summed E-state index contributed by atoms with van der Waals surface area (Å²) in [6.07, 6.45) is 0.634. The van der Waals surface area contributed by atoms with Crippen LogP contribution in [0.15, 0.2) is 45.6 Å². The van der Waals surface area contributed by atoms with E-state index in [1.807, 2.05) is 45.0 Å². The number of rotatable bonds is 9. The normalized spacial score (nSPS) is 15.2. The number of amides is 1. The van der Waals surface area contributed by atoms with Crippen LogP contribution < -0.4 is 14.9 Å². The molecule has 2 heterocycles. The molecule has 174 valence electrons. The number of hydrogen-bond donors (Lipinski definition) is 0. The Bertz CT molecular complexity index is 1230. The van der Waals surface area contributed by atoms with Crippen molar-refractivity contribution in [1.82, 2.24) is 4.90 Å². The SMILES string of the molecule is CCOc1ccc(C2c3c(oc4ccc(C)cc4c3=O)C(=O)N2CCCOC)cc1OCC. The third kappa shape index (κ3) is 4.20. The zero-order chi connectivity index (χ0) is 23.5. The molecule has 1 aliphatic rings. The Balaban J connectivity index is 1.90. The molecule has 0 bridgehead atoms. The standard InChI is InChI=1S/C26H29NO6/c1-5-31-20-11-9-17(15-21(20)32-6-2)23-22-24(28)18-14-16(3)8-10-19(18)33-25(22)26(29)27(23)12-7-13-30-4/h8-11,14-15,23H,5-7,12-13H2,1-4H3. The van der Waals surface area contributed by atoms with Crippen LogP contribution in [0.25, 0.3) is 11.0 Å². The van der Waals surface area contributed by atoms with Gasteiger partial charge in [-0.25, -0.2) is 0 Å². The van der Waals surface area contributed by atoms with E-state index in [0.717, 1.165) is 11.1 Å². The lowest BCUT2D eigenvalue weighted by molar-refractivity contribution is 0.0707. The lowest BCUT2D eigenvalue weighted by atomic mass is 9.97. The van der Waals surface area contributed by atoms with Crippen LogP contribution in [0.3, 0.4) is 0 Å². The van der Waals surface area contributed by atoms with E-state index in [1.54, 1.807) is 24.1 Å². The molecule has 2 aromatic carbocycles. The summed E-state index contributed by atoms with van der Waals surface area (Å²) < 4.78 is 22.7. The smallest absolute Gasteiger partial charge is 0.290 e. The van der Waals surface area contributed by atoms with Crippen LogP contribution in [0.2, 0.25) is 0 Å². The van der Waals surface area contributed by atoms with E-state index in [2.05, 4.69) is 0 Å². The predicted molar refractivity (Wildman–Crippen MR) is 125 cm³/mol. The lowest BCUT2D eigenvalue weighted by Gasteiger charge is -2.25. The molecule has 33 heavy (non-hydrogen) atoms. The van der Waals surface area contributed by atoms with Crippen molar-refractivity contribution in [2.24, 2.45) is 0 Å². The molecule has 7 nitrogen and oxygen atoms in total. The molecule has 1 atom stereocenters. The molecule has 0 radical (unpaired) electrons. The number of aryl methyl sites for hydroxylation is 1. The molecule has 1 unspecified atom stereocenters. The lowest BCUT2D eigenvalue weighted by Crippen LogP contribution is -2.31. The summed E-state index contributed by atoms with van der Waals surface area (Å²) in [5, 5.41) is 0.473. The van der Waals surface area contributed by atoms with Gasteiger partial charge in [0.2, 0.25) is 5.76 Å². The Morgan fingerprint density at radius 1 is 1.00 bits per heavy atom. The topological polar surface area (TPSA) is 78.2 Å². The first-order valence-electron chi connectivity index (χ1n) is 11.3. The molecule has 0 saturated heterocycles. The fourth-order valence-electron chi connectivity index (χ4n) is 4.33. The second-order valence-corrected chi connectivity index (χ2v) is 7.99. The molecule has 0 saturated carbocycles. The van der Waals surface area contributed by atoms with Crippen LogP contribution in [0.4, 0.5) is 0 Å². The molecule has 0 fully saturated rings. The number of nitrogens with zero attached hydrogens (tertiary/aromatic N) is 1. The van der Waals surface area contributed by atoms with Crippen molar-refractivity contribution in [2.75, 3.05) is 33.5 Å². The van der Waals surface area contributed by atoms with Gasteiger partial charge < -0.3 is 23.5 Å².